The van der Waals surface area contributed by atoms with Crippen LogP contribution in [0, 0.1) is 5.92 Å². The fraction of sp³-hybridized carbons (Fsp3) is 0.706. The van der Waals surface area contributed by atoms with Crippen LogP contribution >= 0.6 is 0 Å². The third-order valence-electron chi connectivity index (χ3n) is 4.01. The van der Waals surface area contributed by atoms with E-state index in [1.54, 1.807) is 0 Å². The normalized spacial score (nSPS) is 16.0. The summed E-state index contributed by atoms with van der Waals surface area (Å²) in [5.41, 5.74) is 1.34. The number of nitrogens with one attached hydrogen (secondary N) is 1. The van der Waals surface area contributed by atoms with Gasteiger partial charge in [-0.2, -0.15) is 0 Å². The second kappa shape index (κ2) is 7.63. The van der Waals surface area contributed by atoms with E-state index in [1.165, 1.54) is 37.1 Å². The topological polar surface area (TPSA) is 28.2 Å². The van der Waals surface area contributed by atoms with Crippen LogP contribution in [0.5, 0.6) is 0 Å². The maximum absolute atomic E-state index is 4.64. The van der Waals surface area contributed by atoms with Crippen molar-refractivity contribution in [2.75, 3.05) is 18.0 Å². The molecule has 1 aliphatic rings. The summed E-state index contributed by atoms with van der Waals surface area (Å²) < 4.78 is 0. The summed E-state index contributed by atoms with van der Waals surface area (Å²) in [6.07, 6.45) is 7.36. The van der Waals surface area contributed by atoms with Crippen LogP contribution < -0.4 is 10.2 Å². The van der Waals surface area contributed by atoms with Crippen LogP contribution in [0.2, 0.25) is 0 Å². The van der Waals surface area contributed by atoms with Gasteiger partial charge in [-0.3, -0.25) is 0 Å². The number of aromatic nitrogens is 1. The van der Waals surface area contributed by atoms with Gasteiger partial charge in [-0.05, 0) is 43.0 Å². The highest BCUT2D eigenvalue weighted by atomic mass is 15.2. The highest BCUT2D eigenvalue weighted by molar-refractivity contribution is 5.42. The van der Waals surface area contributed by atoms with Gasteiger partial charge in [0.05, 0.1) is 0 Å². The molecule has 1 aromatic heterocycles. The zero-order valence-corrected chi connectivity index (χ0v) is 13.2. The predicted octanol–water partition coefficient (Wildman–Crippen LogP) is 3.60. The van der Waals surface area contributed by atoms with Crippen molar-refractivity contribution in [1.29, 1.82) is 0 Å². The number of rotatable bonds is 7. The van der Waals surface area contributed by atoms with Crippen LogP contribution in [-0.2, 0) is 6.54 Å². The number of pyridine rings is 1. The standard InChI is InChI=1S/C17H29N3/c1-4-18-12-15-9-10-19-17(11-15)20(13-14(2)3)16-7-5-6-8-16/h9-11,14,16,18H,4-8,12-13H2,1-3H3. The lowest BCUT2D eigenvalue weighted by molar-refractivity contribution is 0.531. The van der Waals surface area contributed by atoms with Gasteiger partial charge in [0.15, 0.2) is 0 Å². The van der Waals surface area contributed by atoms with Gasteiger partial charge in [0, 0.05) is 25.3 Å². The van der Waals surface area contributed by atoms with Crippen molar-refractivity contribution in [2.24, 2.45) is 5.92 Å². The molecule has 112 valence electrons. The molecule has 0 unspecified atom stereocenters. The van der Waals surface area contributed by atoms with Gasteiger partial charge >= 0.3 is 0 Å². The van der Waals surface area contributed by atoms with E-state index in [2.05, 4.69) is 48.1 Å². The molecule has 1 aliphatic carbocycles. The zero-order chi connectivity index (χ0) is 14.4. The largest absolute Gasteiger partial charge is 0.353 e. The summed E-state index contributed by atoms with van der Waals surface area (Å²) in [4.78, 5) is 7.19. The summed E-state index contributed by atoms with van der Waals surface area (Å²) in [6, 6.07) is 5.08. The van der Waals surface area contributed by atoms with Crippen LogP contribution in [0.15, 0.2) is 18.3 Å². The summed E-state index contributed by atoms with van der Waals surface area (Å²) >= 11 is 0. The zero-order valence-electron chi connectivity index (χ0n) is 13.2. The third kappa shape index (κ3) is 4.20. The van der Waals surface area contributed by atoms with E-state index in [0.29, 0.717) is 12.0 Å². The minimum atomic E-state index is 0.676. The van der Waals surface area contributed by atoms with Crippen molar-refractivity contribution in [2.45, 2.75) is 59.0 Å². The van der Waals surface area contributed by atoms with E-state index >= 15 is 0 Å². The van der Waals surface area contributed by atoms with Gasteiger partial charge in [0.25, 0.3) is 0 Å². The summed E-state index contributed by atoms with van der Waals surface area (Å²) in [7, 11) is 0. The maximum Gasteiger partial charge on any atom is 0.129 e. The Morgan fingerprint density at radius 1 is 1.35 bits per heavy atom. The lowest BCUT2D eigenvalue weighted by Crippen LogP contribution is -2.37. The molecule has 0 bridgehead atoms. The lowest BCUT2D eigenvalue weighted by Gasteiger charge is -2.32. The molecule has 1 heterocycles. The van der Waals surface area contributed by atoms with Crippen LogP contribution in [-0.4, -0.2) is 24.1 Å². The molecule has 20 heavy (non-hydrogen) atoms. The quantitative estimate of drug-likeness (QED) is 0.824. The Balaban J connectivity index is 2.14. The molecule has 0 amide bonds. The van der Waals surface area contributed by atoms with Gasteiger partial charge in [0.1, 0.15) is 5.82 Å². The first-order chi connectivity index (χ1) is 9.70. The van der Waals surface area contributed by atoms with Crippen molar-refractivity contribution < 1.29 is 0 Å². The Bertz CT molecular complexity index is 397. The molecule has 2 rings (SSSR count). The average Bonchev–Trinajstić information content (AvgIpc) is 2.96. The molecule has 3 heteroatoms. The van der Waals surface area contributed by atoms with Crippen molar-refractivity contribution in [3.63, 3.8) is 0 Å². The van der Waals surface area contributed by atoms with Crippen LogP contribution in [0.1, 0.15) is 52.0 Å². The summed E-state index contributed by atoms with van der Waals surface area (Å²) in [6.45, 7) is 9.80. The Hall–Kier alpha value is -1.09. The average molecular weight is 275 g/mol. The smallest absolute Gasteiger partial charge is 0.129 e. The Morgan fingerprint density at radius 2 is 2.10 bits per heavy atom. The monoisotopic (exact) mass is 275 g/mol. The van der Waals surface area contributed by atoms with E-state index in [9.17, 15) is 0 Å². The van der Waals surface area contributed by atoms with E-state index in [4.69, 9.17) is 0 Å². The first-order valence-corrected chi connectivity index (χ1v) is 8.13. The molecule has 0 radical (unpaired) electrons. The highest BCUT2D eigenvalue weighted by Crippen LogP contribution is 2.28. The van der Waals surface area contributed by atoms with Gasteiger partial charge in [-0.25, -0.2) is 4.98 Å². The van der Waals surface area contributed by atoms with Crippen molar-refractivity contribution in [3.8, 4) is 0 Å². The second-order valence-corrected chi connectivity index (χ2v) is 6.29. The molecular formula is C17H29N3. The molecule has 0 saturated heterocycles. The predicted molar refractivity (Wildman–Crippen MR) is 86.1 cm³/mol. The van der Waals surface area contributed by atoms with E-state index in [-0.39, 0.29) is 0 Å². The summed E-state index contributed by atoms with van der Waals surface area (Å²) in [5, 5.41) is 3.39. The van der Waals surface area contributed by atoms with Crippen LogP contribution in [0.4, 0.5) is 5.82 Å². The maximum atomic E-state index is 4.64. The molecule has 3 nitrogen and oxygen atoms in total. The van der Waals surface area contributed by atoms with Gasteiger partial charge in [-0.1, -0.05) is 33.6 Å². The van der Waals surface area contributed by atoms with Crippen LogP contribution in [0.3, 0.4) is 0 Å². The Labute approximate surface area is 123 Å². The van der Waals surface area contributed by atoms with Gasteiger partial charge in [0.2, 0.25) is 0 Å². The number of hydrogen-bond donors (Lipinski definition) is 1. The summed E-state index contributed by atoms with van der Waals surface area (Å²) in [5.74, 6) is 1.84. The molecular weight excluding hydrogens is 246 g/mol. The Morgan fingerprint density at radius 3 is 2.75 bits per heavy atom. The van der Waals surface area contributed by atoms with E-state index < -0.39 is 0 Å². The molecule has 0 spiro atoms. The lowest BCUT2D eigenvalue weighted by atomic mass is 10.1. The van der Waals surface area contributed by atoms with Crippen molar-refractivity contribution in [1.82, 2.24) is 10.3 Å². The molecule has 0 atom stereocenters. The SMILES string of the molecule is CCNCc1ccnc(N(CC(C)C)C2CCCC2)c1. The molecule has 1 aromatic rings. The van der Waals surface area contributed by atoms with Crippen molar-refractivity contribution >= 4 is 5.82 Å². The molecule has 0 aliphatic heterocycles. The van der Waals surface area contributed by atoms with E-state index in [1.807, 2.05) is 6.20 Å². The molecule has 0 aromatic carbocycles. The van der Waals surface area contributed by atoms with E-state index in [0.717, 1.165) is 19.6 Å². The minimum Gasteiger partial charge on any atom is -0.353 e. The number of nitrogens with zero attached hydrogens (tertiary/aromatic N) is 2. The highest BCUT2D eigenvalue weighted by Gasteiger charge is 2.24. The molecule has 1 N–H and O–H groups in total. The first kappa shape index (κ1) is 15.3. The Kier molecular flexibility index (Phi) is 5.84. The van der Waals surface area contributed by atoms with Gasteiger partial charge < -0.3 is 10.2 Å². The second-order valence-electron chi connectivity index (χ2n) is 6.29. The number of hydrogen-bond acceptors (Lipinski definition) is 3. The fourth-order valence-electron chi connectivity index (χ4n) is 3.04. The van der Waals surface area contributed by atoms with Crippen molar-refractivity contribution in [3.05, 3.63) is 23.9 Å². The third-order valence-corrected chi connectivity index (χ3v) is 4.01. The fourth-order valence-corrected chi connectivity index (χ4v) is 3.04. The molecule has 1 saturated carbocycles. The molecule has 1 fully saturated rings. The minimum absolute atomic E-state index is 0.676. The van der Waals surface area contributed by atoms with Gasteiger partial charge in [-0.15, -0.1) is 0 Å². The first-order valence-electron chi connectivity index (χ1n) is 8.13. The van der Waals surface area contributed by atoms with Crippen LogP contribution in [0.25, 0.3) is 0 Å². The number of anilines is 1.